The van der Waals surface area contributed by atoms with Crippen LogP contribution in [0.1, 0.15) is 75.6 Å². The van der Waals surface area contributed by atoms with Crippen molar-refractivity contribution in [1.82, 2.24) is 10.2 Å². The average molecular weight is 596 g/mol. The molecule has 2 fully saturated rings. The summed E-state index contributed by atoms with van der Waals surface area (Å²) in [4.78, 5) is 30.5. The maximum Gasteiger partial charge on any atom is 0.416 e. The summed E-state index contributed by atoms with van der Waals surface area (Å²) >= 11 is 6.22. The Bertz CT molecular complexity index is 1470. The number of rotatable bonds is 4. The first-order chi connectivity index (χ1) is 20.1. The largest absolute Gasteiger partial charge is 0.416 e. The van der Waals surface area contributed by atoms with Gasteiger partial charge in [-0.25, -0.2) is 0 Å². The second-order valence-electron chi connectivity index (χ2n) is 11.8. The van der Waals surface area contributed by atoms with Crippen molar-refractivity contribution >= 4 is 29.1 Å². The van der Waals surface area contributed by atoms with Crippen LogP contribution in [0.15, 0.2) is 66.7 Å². The van der Waals surface area contributed by atoms with Crippen LogP contribution in [0, 0.1) is 5.41 Å². The number of hydrogen-bond acceptors (Lipinski definition) is 3. The van der Waals surface area contributed by atoms with Crippen molar-refractivity contribution in [3.63, 3.8) is 0 Å². The van der Waals surface area contributed by atoms with Crippen molar-refractivity contribution in [1.29, 1.82) is 0 Å². The molecular formula is C33H33ClF3N3O2. The molecule has 42 heavy (non-hydrogen) atoms. The lowest BCUT2D eigenvalue weighted by atomic mass is 9.71. The van der Waals surface area contributed by atoms with Gasteiger partial charge in [0.1, 0.15) is 0 Å². The summed E-state index contributed by atoms with van der Waals surface area (Å²) in [5, 5.41) is 3.51. The minimum atomic E-state index is -4.33. The van der Waals surface area contributed by atoms with Gasteiger partial charge in [-0.05, 0) is 104 Å². The second-order valence-corrected chi connectivity index (χ2v) is 12.2. The Morgan fingerprint density at radius 3 is 2.21 bits per heavy atom. The normalized spacial score (nSPS) is 20.0. The molecule has 1 unspecified atom stereocenters. The summed E-state index contributed by atoms with van der Waals surface area (Å²) in [7, 11) is 0. The van der Waals surface area contributed by atoms with Gasteiger partial charge in [0.15, 0.2) is 0 Å². The van der Waals surface area contributed by atoms with E-state index in [2.05, 4.69) is 10.2 Å². The smallest absolute Gasteiger partial charge is 0.371 e. The molecule has 5 nitrogen and oxygen atoms in total. The van der Waals surface area contributed by atoms with Gasteiger partial charge in [0, 0.05) is 37.4 Å². The number of carbonyl (C=O) groups is 2. The van der Waals surface area contributed by atoms with Crippen LogP contribution < -0.4 is 10.2 Å². The molecule has 6 rings (SSSR count). The monoisotopic (exact) mass is 595 g/mol. The Morgan fingerprint density at radius 1 is 0.881 bits per heavy atom. The average Bonchev–Trinajstić information content (AvgIpc) is 3.39. The fraction of sp³-hybridized carbons (Fsp3) is 0.394. The number of hydrogen-bond donors (Lipinski definition) is 1. The van der Waals surface area contributed by atoms with Crippen LogP contribution in [-0.4, -0.2) is 42.9 Å². The van der Waals surface area contributed by atoms with E-state index >= 15 is 0 Å². The fourth-order valence-electron chi connectivity index (χ4n) is 6.73. The number of halogens is 4. The fourth-order valence-corrected chi connectivity index (χ4v) is 6.96. The van der Waals surface area contributed by atoms with Gasteiger partial charge < -0.3 is 15.1 Å². The van der Waals surface area contributed by atoms with Crippen LogP contribution in [0.2, 0.25) is 5.02 Å². The maximum absolute atomic E-state index is 13.5. The van der Waals surface area contributed by atoms with Gasteiger partial charge in [0.25, 0.3) is 11.8 Å². The molecule has 0 aromatic heterocycles. The summed E-state index contributed by atoms with van der Waals surface area (Å²) in [6, 6.07) is 18.1. The van der Waals surface area contributed by atoms with Gasteiger partial charge in [-0.15, -0.1) is 0 Å². The van der Waals surface area contributed by atoms with E-state index in [1.54, 1.807) is 36.4 Å². The molecular weight excluding hydrogens is 563 g/mol. The van der Waals surface area contributed by atoms with E-state index in [9.17, 15) is 22.8 Å². The van der Waals surface area contributed by atoms with Crippen molar-refractivity contribution in [2.45, 2.75) is 50.7 Å². The van der Waals surface area contributed by atoms with Gasteiger partial charge in [-0.3, -0.25) is 9.59 Å². The number of amides is 2. The van der Waals surface area contributed by atoms with Gasteiger partial charge in [0.2, 0.25) is 0 Å². The molecule has 0 saturated carbocycles. The molecule has 0 radical (unpaired) electrons. The molecule has 1 spiro atoms. The van der Waals surface area contributed by atoms with Crippen molar-refractivity contribution in [2.24, 2.45) is 5.41 Å². The number of fused-ring (bicyclic) bond motifs is 1. The molecule has 2 heterocycles. The highest BCUT2D eigenvalue weighted by Crippen LogP contribution is 2.43. The molecule has 3 aromatic rings. The van der Waals surface area contributed by atoms with Gasteiger partial charge in [-0.2, -0.15) is 13.2 Å². The first-order valence-corrected chi connectivity index (χ1v) is 14.9. The lowest BCUT2D eigenvalue weighted by Gasteiger charge is -2.47. The Kier molecular flexibility index (Phi) is 7.68. The summed E-state index contributed by atoms with van der Waals surface area (Å²) < 4.78 is 38.8. The predicted octanol–water partition coefficient (Wildman–Crippen LogP) is 7.30. The summed E-state index contributed by atoms with van der Waals surface area (Å²) in [5.74, 6) is -0.209. The van der Waals surface area contributed by atoms with Crippen molar-refractivity contribution in [3.8, 4) is 0 Å². The third-order valence-electron chi connectivity index (χ3n) is 9.39. The summed E-state index contributed by atoms with van der Waals surface area (Å²) in [6.07, 6.45) is 1.04. The first kappa shape index (κ1) is 28.6. The standard InChI is InChI=1S/C33H33ClF3N3O2/c34-28-4-2-1-3-26(28)30(41)38-29-12-7-22-5-6-23(21-27(22)29)31(42)40-19-15-32(16-20-40)13-17-39(18-14-32)25-10-8-24(9-11-25)33(35,36)37/h1-6,8-11,21,29H,7,12-20H2,(H,38,41). The van der Waals surface area contributed by atoms with Crippen LogP contribution in [0.25, 0.3) is 0 Å². The lowest BCUT2D eigenvalue weighted by molar-refractivity contribution is -0.137. The molecule has 2 saturated heterocycles. The zero-order chi connectivity index (χ0) is 29.5. The number of alkyl halides is 3. The highest BCUT2D eigenvalue weighted by atomic mass is 35.5. The highest BCUT2D eigenvalue weighted by Gasteiger charge is 2.39. The number of benzene rings is 3. The molecule has 0 bridgehead atoms. The van der Waals surface area contributed by atoms with Crippen LogP contribution in [0.5, 0.6) is 0 Å². The number of aryl methyl sites for hydroxylation is 1. The number of likely N-dealkylation sites (tertiary alicyclic amines) is 1. The molecule has 3 aliphatic rings. The lowest BCUT2D eigenvalue weighted by Crippen LogP contribution is -2.48. The second kappa shape index (κ2) is 11.3. The molecule has 1 aliphatic carbocycles. The zero-order valence-electron chi connectivity index (χ0n) is 23.2. The third kappa shape index (κ3) is 5.74. The van der Waals surface area contributed by atoms with Gasteiger partial charge >= 0.3 is 6.18 Å². The highest BCUT2D eigenvalue weighted by molar-refractivity contribution is 6.33. The predicted molar refractivity (Wildman–Crippen MR) is 157 cm³/mol. The molecule has 2 aliphatic heterocycles. The minimum Gasteiger partial charge on any atom is -0.371 e. The van der Waals surface area contributed by atoms with Crippen molar-refractivity contribution in [3.05, 3.63) is 99.6 Å². The van der Waals surface area contributed by atoms with E-state index in [0.717, 1.165) is 80.6 Å². The zero-order valence-corrected chi connectivity index (χ0v) is 24.0. The van der Waals surface area contributed by atoms with Crippen molar-refractivity contribution in [2.75, 3.05) is 31.1 Å². The van der Waals surface area contributed by atoms with E-state index in [1.807, 2.05) is 23.1 Å². The van der Waals surface area contributed by atoms with Crippen LogP contribution >= 0.6 is 11.6 Å². The summed E-state index contributed by atoms with van der Waals surface area (Å²) in [5.41, 5.74) is 3.57. The summed E-state index contributed by atoms with van der Waals surface area (Å²) in [6.45, 7) is 2.96. The minimum absolute atomic E-state index is 0.0120. The Balaban J connectivity index is 1.05. The van der Waals surface area contributed by atoms with Crippen LogP contribution in [0.3, 0.4) is 0 Å². The number of piperidine rings is 2. The van der Waals surface area contributed by atoms with Gasteiger partial charge in [0.05, 0.1) is 22.2 Å². The van der Waals surface area contributed by atoms with Gasteiger partial charge in [-0.1, -0.05) is 29.8 Å². The molecule has 2 amide bonds. The Hall–Kier alpha value is -3.52. The van der Waals surface area contributed by atoms with E-state index in [-0.39, 0.29) is 23.3 Å². The molecule has 1 N–H and O–H groups in total. The Labute approximate surface area is 248 Å². The van der Waals surface area contributed by atoms with Crippen molar-refractivity contribution < 1.29 is 22.8 Å². The van der Waals surface area contributed by atoms with E-state index < -0.39 is 11.7 Å². The van der Waals surface area contributed by atoms with E-state index in [1.165, 1.54) is 0 Å². The number of carbonyl (C=O) groups excluding carboxylic acids is 2. The Morgan fingerprint density at radius 2 is 1.55 bits per heavy atom. The molecule has 220 valence electrons. The SMILES string of the molecule is O=C(NC1CCc2ccc(C(=O)N3CCC4(CC3)CCN(c3ccc(C(F)(F)F)cc3)CC4)cc21)c1ccccc1Cl. The quantitative estimate of drug-likeness (QED) is 0.344. The maximum atomic E-state index is 13.5. The molecule has 1 atom stereocenters. The van der Waals surface area contributed by atoms with E-state index in [0.29, 0.717) is 29.2 Å². The third-order valence-corrected chi connectivity index (χ3v) is 9.72. The van der Waals surface area contributed by atoms with Crippen LogP contribution in [0.4, 0.5) is 18.9 Å². The number of nitrogens with one attached hydrogen (secondary N) is 1. The topological polar surface area (TPSA) is 52.7 Å². The number of nitrogens with zero attached hydrogens (tertiary/aromatic N) is 2. The molecule has 9 heteroatoms. The number of anilines is 1. The van der Waals surface area contributed by atoms with E-state index in [4.69, 9.17) is 11.6 Å². The molecule has 3 aromatic carbocycles. The first-order valence-electron chi connectivity index (χ1n) is 14.5. The van der Waals surface area contributed by atoms with Crippen LogP contribution in [-0.2, 0) is 12.6 Å².